The minimum absolute atomic E-state index is 0.0458. The van der Waals surface area contributed by atoms with E-state index in [1.54, 1.807) is 34.7 Å². The molecule has 0 bridgehead atoms. The van der Waals surface area contributed by atoms with E-state index in [4.69, 9.17) is 4.84 Å². The van der Waals surface area contributed by atoms with E-state index in [0.717, 1.165) is 23.3 Å². The standard InChI is InChI=1S/C21H22N4O3S/c26-19(7-6-17-5-2-11-29-17)25-10-3-8-21(15-25)12-18(24-28-21)20(27)23-14-16-4-1-9-22-13-16/h1-2,4-7,9,11,13H,3,8,10,12,14-15H2,(H,23,27)/b7-6+. The van der Waals surface area contributed by atoms with Gasteiger partial charge in [-0.15, -0.1) is 11.3 Å². The predicted octanol–water partition coefficient (Wildman–Crippen LogP) is 2.61. The summed E-state index contributed by atoms with van der Waals surface area (Å²) >= 11 is 1.59. The Morgan fingerprint density at radius 2 is 2.28 bits per heavy atom. The molecule has 8 heteroatoms. The molecule has 7 nitrogen and oxygen atoms in total. The second-order valence-electron chi connectivity index (χ2n) is 7.25. The van der Waals surface area contributed by atoms with Crippen molar-refractivity contribution in [1.82, 2.24) is 15.2 Å². The van der Waals surface area contributed by atoms with Crippen molar-refractivity contribution >= 4 is 34.9 Å². The van der Waals surface area contributed by atoms with Crippen LogP contribution in [0, 0.1) is 0 Å². The molecule has 2 aromatic rings. The quantitative estimate of drug-likeness (QED) is 0.768. The molecule has 0 aliphatic carbocycles. The first-order valence-corrected chi connectivity index (χ1v) is 10.4. The van der Waals surface area contributed by atoms with E-state index >= 15 is 0 Å². The molecule has 1 spiro atoms. The van der Waals surface area contributed by atoms with E-state index in [-0.39, 0.29) is 11.8 Å². The molecule has 4 rings (SSSR count). The lowest BCUT2D eigenvalue weighted by Gasteiger charge is -2.37. The third-order valence-corrected chi connectivity index (χ3v) is 5.90. The number of oxime groups is 1. The Balaban J connectivity index is 1.32. The van der Waals surface area contributed by atoms with Gasteiger partial charge in [0.25, 0.3) is 5.91 Å². The van der Waals surface area contributed by atoms with Crippen molar-refractivity contribution in [1.29, 1.82) is 0 Å². The number of nitrogens with zero attached hydrogens (tertiary/aromatic N) is 3. The highest BCUT2D eigenvalue weighted by Gasteiger charge is 2.45. The summed E-state index contributed by atoms with van der Waals surface area (Å²) in [7, 11) is 0. The summed E-state index contributed by atoms with van der Waals surface area (Å²) in [6.45, 7) is 1.50. The highest BCUT2D eigenvalue weighted by molar-refractivity contribution is 7.10. The fourth-order valence-electron chi connectivity index (χ4n) is 3.58. The van der Waals surface area contributed by atoms with Crippen molar-refractivity contribution in [3.63, 3.8) is 0 Å². The van der Waals surface area contributed by atoms with Crippen molar-refractivity contribution in [2.45, 2.75) is 31.4 Å². The van der Waals surface area contributed by atoms with E-state index in [2.05, 4.69) is 15.5 Å². The van der Waals surface area contributed by atoms with Crippen LogP contribution in [0.4, 0.5) is 0 Å². The van der Waals surface area contributed by atoms with Gasteiger partial charge in [-0.2, -0.15) is 0 Å². The maximum absolute atomic E-state index is 12.6. The Labute approximate surface area is 173 Å². The average Bonchev–Trinajstić information content (AvgIpc) is 3.41. The number of aromatic nitrogens is 1. The Morgan fingerprint density at radius 3 is 3.07 bits per heavy atom. The van der Waals surface area contributed by atoms with Gasteiger partial charge in [0.2, 0.25) is 5.91 Å². The van der Waals surface area contributed by atoms with E-state index < -0.39 is 5.60 Å². The van der Waals surface area contributed by atoms with Gasteiger partial charge in [0.15, 0.2) is 5.60 Å². The van der Waals surface area contributed by atoms with Crippen LogP contribution in [0.5, 0.6) is 0 Å². The zero-order valence-electron chi connectivity index (χ0n) is 15.9. The normalized spacial score (nSPS) is 21.2. The minimum Gasteiger partial charge on any atom is -0.386 e. The second-order valence-corrected chi connectivity index (χ2v) is 8.22. The van der Waals surface area contributed by atoms with Gasteiger partial charge in [-0.1, -0.05) is 17.3 Å². The first-order valence-electron chi connectivity index (χ1n) is 9.56. The predicted molar refractivity (Wildman–Crippen MR) is 111 cm³/mol. The number of hydrogen-bond acceptors (Lipinski definition) is 6. The van der Waals surface area contributed by atoms with Crippen molar-refractivity contribution in [2.24, 2.45) is 5.16 Å². The van der Waals surface area contributed by atoms with E-state index in [1.165, 1.54) is 0 Å². The molecule has 4 heterocycles. The summed E-state index contributed by atoms with van der Waals surface area (Å²) < 4.78 is 0. The van der Waals surface area contributed by atoms with Gasteiger partial charge >= 0.3 is 0 Å². The van der Waals surface area contributed by atoms with E-state index in [0.29, 0.717) is 31.8 Å². The molecule has 0 saturated carbocycles. The molecule has 1 N–H and O–H groups in total. The number of carbonyl (C=O) groups is 2. The monoisotopic (exact) mass is 410 g/mol. The number of likely N-dealkylation sites (tertiary alicyclic amines) is 1. The van der Waals surface area contributed by atoms with Crippen LogP contribution in [-0.4, -0.2) is 46.1 Å². The largest absolute Gasteiger partial charge is 0.386 e. The van der Waals surface area contributed by atoms with Crippen LogP contribution >= 0.6 is 11.3 Å². The first kappa shape index (κ1) is 19.3. The Hall–Kier alpha value is -3.00. The maximum atomic E-state index is 12.6. The number of rotatable bonds is 5. The molecule has 0 aromatic carbocycles. The molecule has 1 unspecified atom stereocenters. The van der Waals surface area contributed by atoms with Gasteiger partial charge in [0, 0.05) is 42.9 Å². The van der Waals surface area contributed by atoms with Crippen molar-refractivity contribution in [3.05, 3.63) is 58.6 Å². The molecule has 2 aliphatic rings. The highest BCUT2D eigenvalue weighted by atomic mass is 32.1. The molecule has 2 aromatic heterocycles. The van der Waals surface area contributed by atoms with E-state index in [9.17, 15) is 9.59 Å². The summed E-state index contributed by atoms with van der Waals surface area (Å²) in [5, 5.41) is 8.87. The third kappa shape index (κ3) is 4.71. The van der Waals surface area contributed by atoms with Crippen LogP contribution in [-0.2, 0) is 21.0 Å². The third-order valence-electron chi connectivity index (χ3n) is 5.06. The lowest BCUT2D eigenvalue weighted by Crippen LogP contribution is -2.50. The molecule has 2 amide bonds. The summed E-state index contributed by atoms with van der Waals surface area (Å²) in [5.74, 6) is -0.290. The molecule has 1 fully saturated rings. The molecule has 1 atom stereocenters. The molecule has 2 aliphatic heterocycles. The fourth-order valence-corrected chi connectivity index (χ4v) is 4.20. The number of nitrogens with one attached hydrogen (secondary N) is 1. The van der Waals surface area contributed by atoms with Crippen LogP contribution in [0.25, 0.3) is 6.08 Å². The zero-order chi connectivity index (χ0) is 20.1. The lowest BCUT2D eigenvalue weighted by atomic mass is 9.88. The van der Waals surface area contributed by atoms with Crippen molar-refractivity contribution < 1.29 is 14.4 Å². The zero-order valence-corrected chi connectivity index (χ0v) is 16.7. The number of hydrogen-bond donors (Lipinski definition) is 1. The molecule has 0 radical (unpaired) electrons. The van der Waals surface area contributed by atoms with Gasteiger partial charge in [-0.05, 0) is 42.0 Å². The maximum Gasteiger partial charge on any atom is 0.269 e. The van der Waals surface area contributed by atoms with Crippen LogP contribution < -0.4 is 5.32 Å². The number of piperidine rings is 1. The highest BCUT2D eigenvalue weighted by Crippen LogP contribution is 2.33. The van der Waals surface area contributed by atoms with Crippen molar-refractivity contribution in [3.8, 4) is 0 Å². The van der Waals surface area contributed by atoms with Crippen LogP contribution in [0.15, 0.2) is 53.3 Å². The number of carbonyl (C=O) groups excluding carboxylic acids is 2. The molecule has 29 heavy (non-hydrogen) atoms. The van der Waals surface area contributed by atoms with Crippen molar-refractivity contribution in [2.75, 3.05) is 13.1 Å². The Bertz CT molecular complexity index is 927. The van der Waals surface area contributed by atoms with Gasteiger partial charge in [0.05, 0.1) is 6.54 Å². The van der Waals surface area contributed by atoms with Gasteiger partial charge in [0.1, 0.15) is 5.71 Å². The van der Waals surface area contributed by atoms with Gasteiger partial charge < -0.3 is 15.1 Å². The molecular weight excluding hydrogens is 388 g/mol. The number of pyridine rings is 1. The summed E-state index contributed by atoms with van der Waals surface area (Å²) in [6.07, 6.45) is 8.83. The number of amides is 2. The van der Waals surface area contributed by atoms with Crippen LogP contribution in [0.3, 0.4) is 0 Å². The molecule has 1 saturated heterocycles. The topological polar surface area (TPSA) is 83.9 Å². The molecule has 150 valence electrons. The van der Waals surface area contributed by atoms with Gasteiger partial charge in [-0.25, -0.2) is 0 Å². The second kappa shape index (κ2) is 8.57. The fraction of sp³-hybridized carbons (Fsp3) is 0.333. The summed E-state index contributed by atoms with van der Waals surface area (Å²) in [5.41, 5.74) is 0.686. The minimum atomic E-state index is -0.605. The molecular formula is C21H22N4O3S. The van der Waals surface area contributed by atoms with Crippen LogP contribution in [0.2, 0.25) is 0 Å². The lowest BCUT2D eigenvalue weighted by molar-refractivity contribution is -0.135. The van der Waals surface area contributed by atoms with Crippen LogP contribution in [0.1, 0.15) is 29.7 Å². The Morgan fingerprint density at radius 1 is 1.34 bits per heavy atom. The SMILES string of the molecule is O=C(NCc1cccnc1)C1=NOC2(CCCN(C(=O)/C=C/c3cccs3)C2)C1. The summed E-state index contributed by atoms with van der Waals surface area (Å²) in [4.78, 5) is 37.6. The summed E-state index contributed by atoms with van der Waals surface area (Å²) in [6, 6.07) is 7.65. The van der Waals surface area contributed by atoms with E-state index in [1.807, 2.05) is 35.7 Å². The first-order chi connectivity index (χ1) is 14.1. The van der Waals surface area contributed by atoms with Gasteiger partial charge in [-0.3, -0.25) is 14.6 Å². The Kier molecular flexibility index (Phi) is 5.71. The smallest absolute Gasteiger partial charge is 0.269 e. The number of thiophene rings is 1. The average molecular weight is 410 g/mol.